The summed E-state index contributed by atoms with van der Waals surface area (Å²) in [5.41, 5.74) is 0.461. The van der Waals surface area contributed by atoms with Crippen LogP contribution in [-0.2, 0) is 9.59 Å². The highest BCUT2D eigenvalue weighted by atomic mass is 35.5. The Bertz CT molecular complexity index is 2090. The van der Waals surface area contributed by atoms with Crippen LogP contribution >= 0.6 is 69.1 Å². The molecule has 2 N–H and O–H groups in total. The molecule has 0 bridgehead atoms. The van der Waals surface area contributed by atoms with Gasteiger partial charge in [0.25, 0.3) is 12.9 Å². The molecule has 0 aliphatic heterocycles. The average Bonchev–Trinajstić information content (AvgIpc) is 3.91. The number of hydrogen-bond acceptors (Lipinski definition) is 8. The highest BCUT2D eigenvalue weighted by Gasteiger charge is 2.24. The number of amides is 2. The SMILES string of the molecule is CC(C)C(=O)Nc1ncc(-c2cc(C(F)F)nn2-c2c(Cl)cccc2Cl)s1.CC(C)C(=O)Nc1ncc(-c2cc(C(F)F)nn2-c2c(Cl)cccc2Cl)s1. The molecule has 2 aromatic carbocycles. The van der Waals surface area contributed by atoms with Gasteiger partial charge in [0.1, 0.15) is 22.8 Å². The van der Waals surface area contributed by atoms with Gasteiger partial charge in [0.15, 0.2) is 10.3 Å². The van der Waals surface area contributed by atoms with Gasteiger partial charge in [-0.05, 0) is 36.4 Å². The number of aromatic nitrogens is 6. The Morgan fingerprint density at radius 1 is 0.630 bits per heavy atom. The van der Waals surface area contributed by atoms with Crippen molar-refractivity contribution in [2.45, 2.75) is 40.5 Å². The molecule has 54 heavy (non-hydrogen) atoms. The van der Waals surface area contributed by atoms with Gasteiger partial charge in [-0.25, -0.2) is 36.9 Å². The Labute approximate surface area is 334 Å². The fourth-order valence-corrected chi connectivity index (χ4v) is 7.24. The van der Waals surface area contributed by atoms with Crippen molar-refractivity contribution >= 4 is 91.2 Å². The standard InChI is InChI=1S/2C17H14Cl2F2N4OS/c2*1-8(2)16(26)23-17-22-7-13(27-17)12-6-11(15(20)21)24-25(12)14-9(18)4-3-5-10(14)19/h2*3-8,15H,1-2H3,(H,22,23,26). The van der Waals surface area contributed by atoms with E-state index in [-0.39, 0.29) is 43.7 Å². The summed E-state index contributed by atoms with van der Waals surface area (Å²) in [4.78, 5) is 33.0. The minimum absolute atomic E-state index is 0.188. The van der Waals surface area contributed by atoms with Gasteiger partial charge in [0, 0.05) is 24.2 Å². The van der Waals surface area contributed by atoms with E-state index in [0.717, 1.165) is 22.7 Å². The number of hydrogen-bond donors (Lipinski definition) is 2. The molecule has 0 unspecified atom stereocenters. The normalized spacial score (nSPS) is 11.4. The largest absolute Gasteiger partial charge is 0.302 e. The number of thiazole rings is 2. The van der Waals surface area contributed by atoms with Crippen molar-refractivity contribution in [1.29, 1.82) is 0 Å². The third-order valence-electron chi connectivity index (χ3n) is 7.23. The van der Waals surface area contributed by atoms with Crippen molar-refractivity contribution in [1.82, 2.24) is 29.5 Å². The number of nitrogens with zero attached hydrogens (tertiary/aromatic N) is 6. The summed E-state index contributed by atoms with van der Waals surface area (Å²) in [6.45, 7) is 7.03. The molecule has 0 saturated carbocycles. The van der Waals surface area contributed by atoms with Crippen LogP contribution in [0.2, 0.25) is 20.1 Å². The Kier molecular flexibility index (Phi) is 13.4. The zero-order valence-electron chi connectivity index (χ0n) is 28.4. The molecule has 0 aliphatic carbocycles. The first-order chi connectivity index (χ1) is 25.5. The lowest BCUT2D eigenvalue weighted by molar-refractivity contribution is -0.119. The number of para-hydroxylation sites is 2. The van der Waals surface area contributed by atoms with Crippen molar-refractivity contribution in [2.24, 2.45) is 11.8 Å². The second-order valence-corrected chi connectivity index (χ2v) is 15.5. The zero-order chi connectivity index (χ0) is 39.4. The monoisotopic (exact) mass is 860 g/mol. The number of nitrogens with one attached hydrogen (secondary N) is 2. The molecule has 10 nitrogen and oxygen atoms in total. The van der Waals surface area contributed by atoms with E-state index in [2.05, 4.69) is 30.8 Å². The number of benzene rings is 2. The molecule has 0 aliphatic rings. The highest BCUT2D eigenvalue weighted by molar-refractivity contribution is 7.19. The molecule has 0 atom stereocenters. The van der Waals surface area contributed by atoms with Gasteiger partial charge >= 0.3 is 0 Å². The Morgan fingerprint density at radius 3 is 1.26 bits per heavy atom. The van der Waals surface area contributed by atoms with Crippen LogP contribution in [0.4, 0.5) is 27.8 Å². The number of carbonyl (C=O) groups is 2. The van der Waals surface area contributed by atoms with E-state index in [1.807, 2.05) is 0 Å². The minimum Gasteiger partial charge on any atom is -0.302 e. The maximum Gasteiger partial charge on any atom is 0.282 e. The maximum atomic E-state index is 13.2. The third kappa shape index (κ3) is 9.41. The van der Waals surface area contributed by atoms with E-state index in [4.69, 9.17) is 46.4 Å². The van der Waals surface area contributed by atoms with E-state index in [1.165, 1.54) is 33.9 Å². The van der Waals surface area contributed by atoms with Crippen molar-refractivity contribution in [3.8, 4) is 32.5 Å². The molecular formula is C34H28Cl4F4N8O2S2. The summed E-state index contributed by atoms with van der Waals surface area (Å²) in [5.74, 6) is -0.802. The summed E-state index contributed by atoms with van der Waals surface area (Å²) in [6.07, 6.45) is -2.57. The van der Waals surface area contributed by atoms with Crippen LogP contribution in [0.15, 0.2) is 60.9 Å². The number of carbonyl (C=O) groups excluding carboxylic acids is 2. The summed E-state index contributed by atoms with van der Waals surface area (Å²) in [5, 5.41) is 15.1. The van der Waals surface area contributed by atoms with Gasteiger partial charge in [-0.2, -0.15) is 10.2 Å². The van der Waals surface area contributed by atoms with Gasteiger partial charge in [-0.3, -0.25) is 9.59 Å². The second kappa shape index (κ2) is 17.6. The minimum atomic E-state index is -2.76. The molecule has 4 aromatic heterocycles. The van der Waals surface area contributed by atoms with Crippen LogP contribution in [0.1, 0.15) is 51.9 Å². The topological polar surface area (TPSA) is 120 Å². The van der Waals surface area contributed by atoms with Crippen LogP contribution in [0.5, 0.6) is 0 Å². The lowest BCUT2D eigenvalue weighted by Gasteiger charge is -2.10. The highest BCUT2D eigenvalue weighted by Crippen LogP contribution is 2.39. The lowest BCUT2D eigenvalue weighted by Crippen LogP contribution is -2.17. The van der Waals surface area contributed by atoms with E-state index in [1.54, 1.807) is 64.1 Å². The van der Waals surface area contributed by atoms with Gasteiger partial charge in [-0.15, -0.1) is 0 Å². The zero-order valence-corrected chi connectivity index (χ0v) is 33.1. The van der Waals surface area contributed by atoms with E-state index in [9.17, 15) is 27.2 Å². The second-order valence-electron chi connectivity index (χ2n) is 11.8. The summed E-state index contributed by atoms with van der Waals surface area (Å²) in [7, 11) is 0. The molecule has 284 valence electrons. The average molecular weight is 863 g/mol. The van der Waals surface area contributed by atoms with Gasteiger partial charge < -0.3 is 10.6 Å². The van der Waals surface area contributed by atoms with Crippen LogP contribution in [-0.4, -0.2) is 41.3 Å². The van der Waals surface area contributed by atoms with Crippen molar-refractivity contribution < 1.29 is 27.2 Å². The van der Waals surface area contributed by atoms with Crippen molar-refractivity contribution in [3.63, 3.8) is 0 Å². The molecule has 4 heterocycles. The Morgan fingerprint density at radius 2 is 0.963 bits per heavy atom. The van der Waals surface area contributed by atoms with Gasteiger partial charge in [0.2, 0.25) is 11.8 Å². The molecule has 0 radical (unpaired) electrons. The van der Waals surface area contributed by atoms with Crippen LogP contribution < -0.4 is 10.6 Å². The first kappa shape index (κ1) is 41.1. The van der Waals surface area contributed by atoms with E-state index < -0.39 is 24.2 Å². The van der Waals surface area contributed by atoms with Crippen molar-refractivity contribution in [2.75, 3.05) is 10.6 Å². The van der Waals surface area contributed by atoms with Crippen LogP contribution in [0, 0.1) is 11.8 Å². The Hall–Kier alpha value is -4.06. The van der Waals surface area contributed by atoms with E-state index >= 15 is 0 Å². The summed E-state index contributed by atoms with van der Waals surface area (Å²) < 4.78 is 55.5. The Balaban J connectivity index is 0.000000208. The van der Waals surface area contributed by atoms with E-state index in [0.29, 0.717) is 42.8 Å². The smallest absolute Gasteiger partial charge is 0.282 e. The molecular weight excluding hydrogens is 834 g/mol. The molecule has 6 rings (SSSR count). The summed E-state index contributed by atoms with van der Waals surface area (Å²) in [6, 6.07) is 12.2. The van der Waals surface area contributed by atoms with Gasteiger partial charge in [0.05, 0.1) is 41.2 Å². The first-order valence-electron chi connectivity index (χ1n) is 15.7. The lowest BCUT2D eigenvalue weighted by atomic mass is 10.2. The molecule has 0 spiro atoms. The quantitative estimate of drug-likeness (QED) is 0.132. The predicted molar refractivity (Wildman–Crippen MR) is 206 cm³/mol. The van der Waals surface area contributed by atoms with Crippen LogP contribution in [0.3, 0.4) is 0 Å². The molecule has 2 amide bonds. The fraction of sp³-hybridized carbons (Fsp3) is 0.235. The predicted octanol–water partition coefficient (Wildman–Crippen LogP) is 11.7. The number of rotatable bonds is 10. The number of anilines is 2. The molecule has 0 fully saturated rings. The fourth-order valence-electron chi connectivity index (χ4n) is 4.49. The molecule has 0 saturated heterocycles. The maximum absolute atomic E-state index is 13.2. The first-order valence-corrected chi connectivity index (χ1v) is 18.9. The molecule has 20 heteroatoms. The number of alkyl halides is 4. The number of halogens is 8. The molecule has 6 aromatic rings. The van der Waals surface area contributed by atoms with Crippen molar-refractivity contribution in [3.05, 3.63) is 92.4 Å². The van der Waals surface area contributed by atoms with Gasteiger partial charge in [-0.1, -0.05) is 109 Å². The summed E-state index contributed by atoms with van der Waals surface area (Å²) >= 11 is 27.2. The van der Waals surface area contributed by atoms with Crippen LogP contribution in [0.25, 0.3) is 32.5 Å². The third-order valence-corrected chi connectivity index (χ3v) is 10.3.